The normalized spacial score (nSPS) is 28.5. The summed E-state index contributed by atoms with van der Waals surface area (Å²) in [4.78, 5) is 0. The number of hydrogen-bond donors (Lipinski definition) is 0. The molecule has 2 saturated carbocycles. The molecule has 154 valence electrons. The molecule has 28 heavy (non-hydrogen) atoms. The van der Waals surface area contributed by atoms with Gasteiger partial charge in [-0.25, -0.2) is 0 Å². The summed E-state index contributed by atoms with van der Waals surface area (Å²) < 4.78 is 5.75. The molecular formula is C27H40O. The zero-order valence-corrected chi connectivity index (χ0v) is 18.0. The first kappa shape index (κ1) is 21.4. The lowest BCUT2D eigenvalue weighted by molar-refractivity contribution is 0.125. The Labute approximate surface area is 173 Å². The van der Waals surface area contributed by atoms with Gasteiger partial charge in [0, 0.05) is 0 Å². The summed E-state index contributed by atoms with van der Waals surface area (Å²) in [5.74, 6) is 3.70. The van der Waals surface area contributed by atoms with E-state index in [0.29, 0.717) is 0 Å². The maximum Gasteiger partial charge on any atom is 0.0717 e. The molecule has 1 aromatic rings. The third-order valence-electron chi connectivity index (χ3n) is 7.21. The monoisotopic (exact) mass is 380 g/mol. The van der Waals surface area contributed by atoms with Crippen molar-refractivity contribution in [1.82, 2.24) is 0 Å². The van der Waals surface area contributed by atoms with Crippen molar-refractivity contribution in [3.8, 4) is 0 Å². The van der Waals surface area contributed by atoms with Crippen molar-refractivity contribution in [3.05, 3.63) is 60.2 Å². The van der Waals surface area contributed by atoms with E-state index >= 15 is 0 Å². The maximum absolute atomic E-state index is 5.75. The lowest BCUT2D eigenvalue weighted by Gasteiger charge is -2.38. The van der Waals surface area contributed by atoms with Gasteiger partial charge in [-0.15, -0.1) is 6.58 Å². The van der Waals surface area contributed by atoms with Crippen molar-refractivity contribution in [2.75, 3.05) is 6.61 Å². The molecule has 0 unspecified atom stereocenters. The summed E-state index contributed by atoms with van der Waals surface area (Å²) in [6.07, 6.45) is 20.1. The van der Waals surface area contributed by atoms with Crippen LogP contribution in [0.25, 0.3) is 0 Å². The molecule has 0 spiro atoms. The molecule has 0 N–H and O–H groups in total. The van der Waals surface area contributed by atoms with Crippen LogP contribution in [0.3, 0.4) is 0 Å². The molecule has 0 bridgehead atoms. The second kappa shape index (κ2) is 11.6. The van der Waals surface area contributed by atoms with Crippen LogP contribution in [-0.4, -0.2) is 6.61 Å². The number of hydrogen-bond acceptors (Lipinski definition) is 1. The Hall–Kier alpha value is -1.34. The summed E-state index contributed by atoms with van der Waals surface area (Å²) in [5, 5.41) is 0. The standard InChI is InChI=1S/C27H40O/c1-3-5-6-20-28-21-23-10-14-25(15-11-23)27-18-16-26(17-19-27)24-12-8-22(7-4-2)9-13-24/h3-5,10-11,14-15,22,24,26-27H,2,6-9,12-13,16-21H2,1H3/t22-,24-,26?,27?. The molecule has 2 aliphatic rings. The SMILES string of the molecule is C=CC[C@H]1CC[C@H](C2CCC(c3ccc(COCCC=CC)cc3)CC2)CC1. The Bertz CT molecular complexity index is 583. The van der Waals surface area contributed by atoms with Crippen LogP contribution in [0.4, 0.5) is 0 Å². The molecule has 0 aliphatic heterocycles. The summed E-state index contributed by atoms with van der Waals surface area (Å²) in [5.41, 5.74) is 2.85. The summed E-state index contributed by atoms with van der Waals surface area (Å²) in [6.45, 7) is 7.52. The van der Waals surface area contributed by atoms with Crippen molar-refractivity contribution < 1.29 is 4.74 Å². The summed E-state index contributed by atoms with van der Waals surface area (Å²) >= 11 is 0. The average Bonchev–Trinajstić information content (AvgIpc) is 2.75. The molecule has 1 heteroatoms. The van der Waals surface area contributed by atoms with Gasteiger partial charge >= 0.3 is 0 Å². The predicted octanol–water partition coefficient (Wildman–Crippen LogP) is 7.83. The van der Waals surface area contributed by atoms with E-state index in [1.54, 1.807) is 5.56 Å². The maximum atomic E-state index is 5.75. The van der Waals surface area contributed by atoms with Gasteiger partial charge in [0.05, 0.1) is 13.2 Å². The number of benzene rings is 1. The van der Waals surface area contributed by atoms with E-state index in [0.717, 1.165) is 43.3 Å². The first-order chi connectivity index (χ1) is 13.8. The van der Waals surface area contributed by atoms with Gasteiger partial charge in [0.15, 0.2) is 0 Å². The summed E-state index contributed by atoms with van der Waals surface area (Å²) in [7, 11) is 0. The minimum Gasteiger partial charge on any atom is -0.376 e. The predicted molar refractivity (Wildman–Crippen MR) is 120 cm³/mol. The Kier molecular flexibility index (Phi) is 8.86. The Morgan fingerprint density at radius 3 is 2.18 bits per heavy atom. The van der Waals surface area contributed by atoms with Crippen molar-refractivity contribution >= 4 is 0 Å². The topological polar surface area (TPSA) is 9.23 Å². The fraction of sp³-hybridized carbons (Fsp3) is 0.630. The molecule has 3 rings (SSSR count). The van der Waals surface area contributed by atoms with Crippen molar-refractivity contribution in [2.24, 2.45) is 17.8 Å². The quantitative estimate of drug-likeness (QED) is 0.313. The van der Waals surface area contributed by atoms with Crippen LogP contribution >= 0.6 is 0 Å². The van der Waals surface area contributed by atoms with E-state index < -0.39 is 0 Å². The van der Waals surface area contributed by atoms with Gasteiger partial charge in [0.25, 0.3) is 0 Å². The van der Waals surface area contributed by atoms with E-state index in [9.17, 15) is 0 Å². The Morgan fingerprint density at radius 2 is 1.57 bits per heavy atom. The van der Waals surface area contributed by atoms with Crippen LogP contribution in [0.2, 0.25) is 0 Å². The van der Waals surface area contributed by atoms with Gasteiger partial charge < -0.3 is 4.74 Å². The molecule has 0 amide bonds. The number of ether oxygens (including phenoxy) is 1. The smallest absolute Gasteiger partial charge is 0.0717 e. The highest BCUT2D eigenvalue weighted by Gasteiger charge is 2.30. The first-order valence-electron chi connectivity index (χ1n) is 11.7. The molecule has 0 atom stereocenters. The molecule has 2 aliphatic carbocycles. The van der Waals surface area contributed by atoms with Crippen LogP contribution in [-0.2, 0) is 11.3 Å². The molecule has 1 aromatic carbocycles. The minimum atomic E-state index is 0.735. The van der Waals surface area contributed by atoms with Crippen molar-refractivity contribution in [1.29, 1.82) is 0 Å². The van der Waals surface area contributed by atoms with Gasteiger partial charge in [-0.1, -0.05) is 42.5 Å². The molecule has 0 saturated heterocycles. The van der Waals surface area contributed by atoms with E-state index in [1.165, 1.54) is 63.4 Å². The Morgan fingerprint density at radius 1 is 0.929 bits per heavy atom. The molecule has 0 aromatic heterocycles. The zero-order chi connectivity index (χ0) is 19.6. The fourth-order valence-corrected chi connectivity index (χ4v) is 5.45. The molecule has 0 heterocycles. The van der Waals surface area contributed by atoms with Crippen LogP contribution in [0.15, 0.2) is 49.1 Å². The molecule has 1 nitrogen and oxygen atoms in total. The highest BCUT2D eigenvalue weighted by molar-refractivity contribution is 5.25. The van der Waals surface area contributed by atoms with E-state index in [-0.39, 0.29) is 0 Å². The van der Waals surface area contributed by atoms with Gasteiger partial charge in [-0.3, -0.25) is 0 Å². The molecule has 0 radical (unpaired) electrons. The van der Waals surface area contributed by atoms with E-state index in [4.69, 9.17) is 4.74 Å². The summed E-state index contributed by atoms with van der Waals surface area (Å²) in [6, 6.07) is 9.27. The van der Waals surface area contributed by atoms with Crippen LogP contribution in [0.1, 0.15) is 88.2 Å². The van der Waals surface area contributed by atoms with Gasteiger partial charge in [-0.05, 0) is 106 Å². The largest absolute Gasteiger partial charge is 0.376 e. The third-order valence-corrected chi connectivity index (χ3v) is 7.21. The second-order valence-corrected chi connectivity index (χ2v) is 9.07. The van der Waals surface area contributed by atoms with Crippen molar-refractivity contribution in [3.63, 3.8) is 0 Å². The van der Waals surface area contributed by atoms with Crippen LogP contribution < -0.4 is 0 Å². The lowest BCUT2D eigenvalue weighted by Crippen LogP contribution is -2.25. The lowest BCUT2D eigenvalue weighted by atomic mass is 9.68. The first-order valence-corrected chi connectivity index (χ1v) is 11.7. The van der Waals surface area contributed by atoms with Crippen molar-refractivity contribution in [2.45, 2.75) is 83.7 Å². The van der Waals surface area contributed by atoms with Crippen LogP contribution in [0, 0.1) is 17.8 Å². The zero-order valence-electron chi connectivity index (χ0n) is 18.0. The Balaban J connectivity index is 1.39. The number of allylic oxidation sites excluding steroid dienone is 2. The minimum absolute atomic E-state index is 0.735. The van der Waals surface area contributed by atoms with Gasteiger partial charge in [0.2, 0.25) is 0 Å². The third kappa shape index (κ3) is 6.34. The number of rotatable bonds is 9. The second-order valence-electron chi connectivity index (χ2n) is 9.07. The fourth-order valence-electron chi connectivity index (χ4n) is 5.45. The average molecular weight is 381 g/mol. The highest BCUT2D eigenvalue weighted by atomic mass is 16.5. The van der Waals surface area contributed by atoms with Gasteiger partial charge in [0.1, 0.15) is 0 Å². The van der Waals surface area contributed by atoms with E-state index in [2.05, 4.69) is 56.0 Å². The molecular weight excluding hydrogens is 340 g/mol. The van der Waals surface area contributed by atoms with Crippen LogP contribution in [0.5, 0.6) is 0 Å². The highest BCUT2D eigenvalue weighted by Crippen LogP contribution is 2.44. The van der Waals surface area contributed by atoms with Gasteiger partial charge in [-0.2, -0.15) is 0 Å². The van der Waals surface area contributed by atoms with E-state index in [1.807, 2.05) is 0 Å². The molecule has 2 fully saturated rings.